The molecule has 18 heavy (non-hydrogen) atoms. The van der Waals surface area contributed by atoms with E-state index in [4.69, 9.17) is 10.2 Å². The van der Waals surface area contributed by atoms with E-state index in [9.17, 15) is 0 Å². The van der Waals surface area contributed by atoms with Gasteiger partial charge in [-0.15, -0.1) is 10.2 Å². The first-order chi connectivity index (χ1) is 8.81. The molecule has 1 aliphatic rings. The van der Waals surface area contributed by atoms with Crippen LogP contribution in [0.3, 0.4) is 0 Å². The molecule has 1 heterocycles. The summed E-state index contributed by atoms with van der Waals surface area (Å²) in [6.45, 7) is 0. The van der Waals surface area contributed by atoms with Crippen molar-refractivity contribution in [2.75, 3.05) is 5.73 Å². The maximum Gasteiger partial charge on any atom is 0.219 e. The molecule has 2 aromatic rings. The molecule has 0 spiro atoms. The van der Waals surface area contributed by atoms with E-state index in [1.807, 2.05) is 12.1 Å². The van der Waals surface area contributed by atoms with Gasteiger partial charge in [0.2, 0.25) is 11.8 Å². The van der Waals surface area contributed by atoms with Crippen LogP contribution >= 0.6 is 0 Å². The molecule has 1 saturated carbocycles. The zero-order valence-electron chi connectivity index (χ0n) is 10.3. The van der Waals surface area contributed by atoms with Crippen molar-refractivity contribution in [3.63, 3.8) is 0 Å². The molecule has 94 valence electrons. The lowest BCUT2D eigenvalue weighted by atomic mass is 10.1. The van der Waals surface area contributed by atoms with Crippen LogP contribution < -0.4 is 5.73 Å². The normalized spacial score (nSPS) is 14.9. The lowest BCUT2D eigenvalue weighted by Crippen LogP contribution is -1.91. The molecular weight excluding hydrogens is 226 g/mol. The Balaban J connectivity index is 1.49. The number of nitrogen functional groups attached to an aromatic ring is 1. The molecule has 2 N–H and O–H groups in total. The van der Waals surface area contributed by atoms with Gasteiger partial charge in [0.15, 0.2) is 0 Å². The van der Waals surface area contributed by atoms with Crippen molar-refractivity contribution in [3.8, 4) is 0 Å². The number of nitrogens with two attached hydrogens (primary N) is 1. The van der Waals surface area contributed by atoms with Gasteiger partial charge in [-0.1, -0.05) is 12.1 Å². The van der Waals surface area contributed by atoms with Gasteiger partial charge in [0.1, 0.15) is 0 Å². The van der Waals surface area contributed by atoms with Crippen molar-refractivity contribution in [3.05, 3.63) is 41.6 Å². The van der Waals surface area contributed by atoms with Gasteiger partial charge in [-0.05, 0) is 43.4 Å². The Bertz CT molecular complexity index is 514. The van der Waals surface area contributed by atoms with E-state index in [2.05, 4.69) is 22.3 Å². The molecule has 1 aliphatic carbocycles. The van der Waals surface area contributed by atoms with Gasteiger partial charge in [0, 0.05) is 18.0 Å². The van der Waals surface area contributed by atoms with Gasteiger partial charge in [-0.2, -0.15) is 0 Å². The molecule has 0 radical (unpaired) electrons. The number of hydrogen-bond donors (Lipinski definition) is 1. The number of hydrogen-bond acceptors (Lipinski definition) is 4. The summed E-state index contributed by atoms with van der Waals surface area (Å²) in [5.41, 5.74) is 7.76. The molecule has 1 fully saturated rings. The van der Waals surface area contributed by atoms with Gasteiger partial charge >= 0.3 is 0 Å². The summed E-state index contributed by atoms with van der Waals surface area (Å²) in [5, 5.41) is 8.17. The van der Waals surface area contributed by atoms with Crippen LogP contribution in [-0.4, -0.2) is 10.2 Å². The van der Waals surface area contributed by atoms with E-state index in [1.165, 1.54) is 18.4 Å². The monoisotopic (exact) mass is 243 g/mol. The summed E-state index contributed by atoms with van der Waals surface area (Å²) >= 11 is 0. The second kappa shape index (κ2) is 4.80. The average molecular weight is 243 g/mol. The fourth-order valence-corrected chi connectivity index (χ4v) is 1.99. The van der Waals surface area contributed by atoms with Crippen LogP contribution in [-0.2, 0) is 12.8 Å². The zero-order valence-corrected chi connectivity index (χ0v) is 10.3. The van der Waals surface area contributed by atoms with E-state index >= 15 is 0 Å². The second-order valence-corrected chi connectivity index (χ2v) is 4.90. The van der Waals surface area contributed by atoms with E-state index in [0.717, 1.165) is 36.7 Å². The third-order valence-corrected chi connectivity index (χ3v) is 3.24. The summed E-state index contributed by atoms with van der Waals surface area (Å²) in [7, 11) is 0. The highest BCUT2D eigenvalue weighted by molar-refractivity contribution is 5.39. The minimum absolute atomic E-state index is 0.545. The van der Waals surface area contributed by atoms with E-state index in [1.54, 1.807) is 0 Å². The minimum Gasteiger partial charge on any atom is -0.425 e. The third kappa shape index (κ3) is 2.70. The lowest BCUT2D eigenvalue weighted by Gasteiger charge is -2.00. The Morgan fingerprint density at radius 1 is 1.11 bits per heavy atom. The van der Waals surface area contributed by atoms with Crippen LogP contribution in [0.2, 0.25) is 0 Å². The number of nitrogens with zero attached hydrogens (tertiary/aromatic N) is 2. The molecular formula is C14H17N3O. The molecule has 0 saturated heterocycles. The summed E-state index contributed by atoms with van der Waals surface area (Å²) in [6, 6.07) is 8.01. The molecule has 0 bridgehead atoms. The first-order valence-corrected chi connectivity index (χ1v) is 6.48. The van der Waals surface area contributed by atoms with Gasteiger partial charge in [-0.25, -0.2) is 0 Å². The molecule has 0 amide bonds. The highest BCUT2D eigenvalue weighted by Gasteiger charge is 2.29. The SMILES string of the molecule is Nc1ccc(CCCc2nnc(C3CC3)o2)cc1. The fourth-order valence-electron chi connectivity index (χ4n) is 1.99. The van der Waals surface area contributed by atoms with Gasteiger partial charge < -0.3 is 10.2 Å². The number of rotatable bonds is 5. The Kier molecular flexibility index (Phi) is 3.00. The highest BCUT2D eigenvalue weighted by Crippen LogP contribution is 2.39. The first kappa shape index (κ1) is 11.3. The number of anilines is 1. The van der Waals surface area contributed by atoms with Crippen molar-refractivity contribution >= 4 is 5.69 Å². The summed E-state index contributed by atoms with van der Waals surface area (Å²) in [6.07, 6.45) is 5.29. The fraction of sp³-hybridized carbons (Fsp3) is 0.429. The van der Waals surface area contributed by atoms with Crippen LogP contribution in [0.5, 0.6) is 0 Å². The van der Waals surface area contributed by atoms with Crippen LogP contribution in [0.4, 0.5) is 5.69 Å². The van der Waals surface area contributed by atoms with Crippen LogP contribution in [0.25, 0.3) is 0 Å². The summed E-state index contributed by atoms with van der Waals surface area (Å²) in [4.78, 5) is 0. The Labute approximate surface area is 106 Å². The number of aryl methyl sites for hydroxylation is 2. The van der Waals surface area contributed by atoms with Crippen molar-refractivity contribution in [1.29, 1.82) is 0 Å². The molecule has 0 unspecified atom stereocenters. The predicted octanol–water partition coefficient (Wildman–Crippen LogP) is 2.70. The van der Waals surface area contributed by atoms with Gasteiger partial charge in [-0.3, -0.25) is 0 Å². The quantitative estimate of drug-likeness (QED) is 0.820. The van der Waals surface area contributed by atoms with E-state index in [-0.39, 0.29) is 0 Å². The largest absolute Gasteiger partial charge is 0.425 e. The van der Waals surface area contributed by atoms with Crippen LogP contribution in [0.15, 0.2) is 28.7 Å². The van der Waals surface area contributed by atoms with E-state index in [0.29, 0.717) is 5.92 Å². The highest BCUT2D eigenvalue weighted by atomic mass is 16.4. The maximum atomic E-state index is 5.65. The van der Waals surface area contributed by atoms with Crippen molar-refractivity contribution < 1.29 is 4.42 Å². The summed E-state index contributed by atoms with van der Waals surface area (Å²) < 4.78 is 5.62. The summed E-state index contributed by atoms with van der Waals surface area (Å²) in [5.74, 6) is 2.15. The third-order valence-electron chi connectivity index (χ3n) is 3.24. The van der Waals surface area contributed by atoms with Gasteiger partial charge in [0.05, 0.1) is 0 Å². The lowest BCUT2D eigenvalue weighted by molar-refractivity contribution is 0.446. The van der Waals surface area contributed by atoms with Crippen molar-refractivity contribution in [2.24, 2.45) is 0 Å². The van der Waals surface area contributed by atoms with Crippen LogP contribution in [0, 0.1) is 0 Å². The van der Waals surface area contributed by atoms with Crippen molar-refractivity contribution in [2.45, 2.75) is 38.0 Å². The zero-order chi connectivity index (χ0) is 12.4. The molecule has 4 nitrogen and oxygen atoms in total. The Hall–Kier alpha value is -1.84. The Morgan fingerprint density at radius 3 is 2.61 bits per heavy atom. The predicted molar refractivity (Wildman–Crippen MR) is 69.2 cm³/mol. The van der Waals surface area contributed by atoms with Gasteiger partial charge in [0.25, 0.3) is 0 Å². The Morgan fingerprint density at radius 2 is 1.89 bits per heavy atom. The van der Waals surface area contributed by atoms with E-state index < -0.39 is 0 Å². The maximum absolute atomic E-state index is 5.65. The number of aromatic nitrogens is 2. The molecule has 4 heteroatoms. The standard InChI is InChI=1S/C14H17N3O/c15-12-8-4-10(5-9-12)2-1-3-13-16-17-14(18-13)11-6-7-11/h4-5,8-9,11H,1-3,6-7,15H2. The molecule has 0 atom stereocenters. The topological polar surface area (TPSA) is 64.9 Å². The smallest absolute Gasteiger partial charge is 0.219 e. The minimum atomic E-state index is 0.545. The molecule has 3 rings (SSSR count). The number of benzene rings is 1. The van der Waals surface area contributed by atoms with Crippen molar-refractivity contribution in [1.82, 2.24) is 10.2 Å². The second-order valence-electron chi connectivity index (χ2n) is 4.90. The molecule has 1 aromatic carbocycles. The van der Waals surface area contributed by atoms with Crippen LogP contribution in [0.1, 0.15) is 42.5 Å². The first-order valence-electron chi connectivity index (χ1n) is 6.48. The molecule has 1 aromatic heterocycles. The average Bonchev–Trinajstić information content (AvgIpc) is 3.12. The molecule has 0 aliphatic heterocycles.